The van der Waals surface area contributed by atoms with Crippen molar-refractivity contribution in [3.05, 3.63) is 29.6 Å². The lowest BCUT2D eigenvalue weighted by Crippen LogP contribution is -2.36. The van der Waals surface area contributed by atoms with Crippen LogP contribution in [0.3, 0.4) is 0 Å². The van der Waals surface area contributed by atoms with E-state index >= 15 is 0 Å². The fourth-order valence-corrected chi connectivity index (χ4v) is 2.20. The molecule has 0 saturated carbocycles. The third-order valence-electron chi connectivity index (χ3n) is 3.17. The fourth-order valence-electron chi connectivity index (χ4n) is 2.20. The molecule has 0 radical (unpaired) electrons. The van der Waals surface area contributed by atoms with Crippen molar-refractivity contribution in [1.82, 2.24) is 0 Å². The van der Waals surface area contributed by atoms with E-state index in [0.29, 0.717) is 6.04 Å². The van der Waals surface area contributed by atoms with Gasteiger partial charge in [0.1, 0.15) is 5.82 Å². The summed E-state index contributed by atoms with van der Waals surface area (Å²) < 4.78 is 18.6. The first-order valence-electron chi connectivity index (χ1n) is 5.74. The Morgan fingerprint density at radius 2 is 1.94 bits per heavy atom. The third-order valence-corrected chi connectivity index (χ3v) is 3.17. The standard InChI is InChI=1S/C13H18FNO/c1-10-7-11(14)9-13(8-10)15(2)12-3-5-16-6-4-12/h7-9,12H,3-6H2,1-2H3. The Kier molecular flexibility index (Phi) is 3.44. The van der Waals surface area contributed by atoms with E-state index < -0.39 is 0 Å². The molecular weight excluding hydrogens is 205 g/mol. The van der Waals surface area contributed by atoms with Crippen LogP contribution in [0.2, 0.25) is 0 Å². The van der Waals surface area contributed by atoms with Gasteiger partial charge in [-0.05, 0) is 43.5 Å². The van der Waals surface area contributed by atoms with Crippen LogP contribution in [-0.2, 0) is 4.74 Å². The predicted molar refractivity (Wildman–Crippen MR) is 63.4 cm³/mol. The van der Waals surface area contributed by atoms with Crippen LogP contribution in [0, 0.1) is 12.7 Å². The number of halogens is 1. The topological polar surface area (TPSA) is 12.5 Å². The van der Waals surface area contributed by atoms with Crippen molar-refractivity contribution in [2.75, 3.05) is 25.2 Å². The van der Waals surface area contributed by atoms with Crippen LogP contribution < -0.4 is 4.90 Å². The van der Waals surface area contributed by atoms with Gasteiger partial charge in [-0.15, -0.1) is 0 Å². The van der Waals surface area contributed by atoms with E-state index in [1.807, 2.05) is 20.0 Å². The summed E-state index contributed by atoms with van der Waals surface area (Å²) in [6, 6.07) is 5.65. The van der Waals surface area contributed by atoms with E-state index in [1.54, 1.807) is 12.1 Å². The molecule has 0 aliphatic carbocycles. The Labute approximate surface area is 96.0 Å². The molecule has 0 spiro atoms. The minimum atomic E-state index is -0.158. The number of hydrogen-bond acceptors (Lipinski definition) is 2. The maximum absolute atomic E-state index is 13.3. The van der Waals surface area contributed by atoms with E-state index in [2.05, 4.69) is 4.90 Å². The number of benzene rings is 1. The molecule has 1 aliphatic heterocycles. The average molecular weight is 223 g/mol. The summed E-state index contributed by atoms with van der Waals surface area (Å²) in [6.45, 7) is 3.54. The summed E-state index contributed by atoms with van der Waals surface area (Å²) in [5.74, 6) is -0.158. The lowest BCUT2D eigenvalue weighted by Gasteiger charge is -2.33. The minimum absolute atomic E-state index is 0.158. The maximum Gasteiger partial charge on any atom is 0.125 e. The Balaban J connectivity index is 2.15. The van der Waals surface area contributed by atoms with Crippen molar-refractivity contribution in [2.24, 2.45) is 0 Å². The van der Waals surface area contributed by atoms with Crippen molar-refractivity contribution in [1.29, 1.82) is 0 Å². The van der Waals surface area contributed by atoms with Gasteiger partial charge < -0.3 is 9.64 Å². The van der Waals surface area contributed by atoms with Crippen LogP contribution in [0.4, 0.5) is 10.1 Å². The summed E-state index contributed by atoms with van der Waals surface area (Å²) in [7, 11) is 2.03. The smallest absolute Gasteiger partial charge is 0.125 e. The number of ether oxygens (including phenoxy) is 1. The molecular formula is C13H18FNO. The predicted octanol–water partition coefficient (Wildman–Crippen LogP) is 2.75. The summed E-state index contributed by atoms with van der Waals surface area (Å²) in [6.07, 6.45) is 2.04. The molecule has 2 rings (SSSR count). The zero-order valence-electron chi connectivity index (χ0n) is 9.87. The van der Waals surface area contributed by atoms with Gasteiger partial charge in [0.15, 0.2) is 0 Å². The van der Waals surface area contributed by atoms with E-state index in [0.717, 1.165) is 37.3 Å². The fraction of sp³-hybridized carbons (Fsp3) is 0.538. The Morgan fingerprint density at radius 3 is 2.56 bits per heavy atom. The van der Waals surface area contributed by atoms with Gasteiger partial charge in [-0.1, -0.05) is 0 Å². The summed E-state index contributed by atoms with van der Waals surface area (Å²) in [5.41, 5.74) is 1.93. The molecule has 3 heteroatoms. The third kappa shape index (κ3) is 2.53. The second-order valence-corrected chi connectivity index (χ2v) is 4.44. The van der Waals surface area contributed by atoms with E-state index in [9.17, 15) is 4.39 Å². The molecule has 1 fully saturated rings. The number of aryl methyl sites for hydroxylation is 1. The largest absolute Gasteiger partial charge is 0.381 e. The number of hydrogen-bond donors (Lipinski definition) is 0. The van der Waals surface area contributed by atoms with E-state index in [4.69, 9.17) is 4.74 Å². The van der Waals surface area contributed by atoms with Gasteiger partial charge in [0.2, 0.25) is 0 Å². The Bertz CT molecular complexity index is 341. The first kappa shape index (κ1) is 11.4. The minimum Gasteiger partial charge on any atom is -0.381 e. The first-order chi connectivity index (χ1) is 7.66. The molecule has 2 nitrogen and oxygen atoms in total. The molecule has 0 unspecified atom stereocenters. The van der Waals surface area contributed by atoms with Crippen molar-refractivity contribution in [3.63, 3.8) is 0 Å². The quantitative estimate of drug-likeness (QED) is 0.764. The van der Waals surface area contributed by atoms with Gasteiger partial charge in [-0.2, -0.15) is 0 Å². The summed E-state index contributed by atoms with van der Waals surface area (Å²) >= 11 is 0. The van der Waals surface area contributed by atoms with Gasteiger partial charge in [0, 0.05) is 32.0 Å². The maximum atomic E-state index is 13.3. The first-order valence-corrected chi connectivity index (χ1v) is 5.74. The lowest BCUT2D eigenvalue weighted by molar-refractivity contribution is 0.0855. The van der Waals surface area contributed by atoms with Gasteiger partial charge in [0.25, 0.3) is 0 Å². The molecule has 0 bridgehead atoms. The van der Waals surface area contributed by atoms with Crippen LogP contribution in [0.25, 0.3) is 0 Å². The lowest BCUT2D eigenvalue weighted by atomic mass is 10.1. The zero-order chi connectivity index (χ0) is 11.5. The number of rotatable bonds is 2. The molecule has 88 valence electrons. The molecule has 0 N–H and O–H groups in total. The molecule has 0 aromatic heterocycles. The number of nitrogens with zero attached hydrogens (tertiary/aromatic N) is 1. The Morgan fingerprint density at radius 1 is 1.25 bits per heavy atom. The molecule has 1 saturated heterocycles. The molecule has 1 aliphatic rings. The average Bonchev–Trinajstić information content (AvgIpc) is 2.28. The van der Waals surface area contributed by atoms with Crippen LogP contribution in [0.5, 0.6) is 0 Å². The highest BCUT2D eigenvalue weighted by atomic mass is 19.1. The molecule has 1 aromatic rings. The highest BCUT2D eigenvalue weighted by molar-refractivity contribution is 5.49. The van der Waals surface area contributed by atoms with Crippen molar-refractivity contribution < 1.29 is 9.13 Å². The van der Waals surface area contributed by atoms with E-state index in [-0.39, 0.29) is 5.82 Å². The zero-order valence-corrected chi connectivity index (χ0v) is 9.87. The monoisotopic (exact) mass is 223 g/mol. The molecule has 16 heavy (non-hydrogen) atoms. The van der Waals surface area contributed by atoms with Crippen LogP contribution in [0.1, 0.15) is 18.4 Å². The Hall–Kier alpha value is -1.09. The van der Waals surface area contributed by atoms with Gasteiger partial charge in [-0.25, -0.2) is 4.39 Å². The van der Waals surface area contributed by atoms with Gasteiger partial charge in [-0.3, -0.25) is 0 Å². The van der Waals surface area contributed by atoms with E-state index in [1.165, 1.54) is 0 Å². The normalized spacial score (nSPS) is 17.4. The second-order valence-electron chi connectivity index (χ2n) is 4.44. The molecule has 0 amide bonds. The number of anilines is 1. The van der Waals surface area contributed by atoms with Crippen molar-refractivity contribution in [2.45, 2.75) is 25.8 Å². The van der Waals surface area contributed by atoms with Crippen LogP contribution in [-0.4, -0.2) is 26.3 Å². The summed E-state index contributed by atoms with van der Waals surface area (Å²) in [5, 5.41) is 0. The second kappa shape index (κ2) is 4.83. The van der Waals surface area contributed by atoms with Crippen LogP contribution in [0.15, 0.2) is 18.2 Å². The molecule has 0 atom stereocenters. The van der Waals surface area contributed by atoms with Gasteiger partial charge >= 0.3 is 0 Å². The van der Waals surface area contributed by atoms with Crippen molar-refractivity contribution >= 4 is 5.69 Å². The van der Waals surface area contributed by atoms with Crippen LogP contribution >= 0.6 is 0 Å². The highest BCUT2D eigenvalue weighted by Gasteiger charge is 2.19. The van der Waals surface area contributed by atoms with Gasteiger partial charge in [0.05, 0.1) is 0 Å². The molecule has 1 heterocycles. The van der Waals surface area contributed by atoms with Crippen molar-refractivity contribution in [3.8, 4) is 0 Å². The highest BCUT2D eigenvalue weighted by Crippen LogP contribution is 2.23. The molecule has 1 aromatic carbocycles. The SMILES string of the molecule is Cc1cc(F)cc(N(C)C2CCOCC2)c1. The summed E-state index contributed by atoms with van der Waals surface area (Å²) in [4.78, 5) is 2.17.